The van der Waals surface area contributed by atoms with Crippen molar-refractivity contribution in [3.8, 4) is 0 Å². The lowest BCUT2D eigenvalue weighted by Crippen LogP contribution is -2.25. The first kappa shape index (κ1) is 12.4. The van der Waals surface area contributed by atoms with Gasteiger partial charge in [-0.1, -0.05) is 13.3 Å². The molecule has 1 aromatic rings. The van der Waals surface area contributed by atoms with Gasteiger partial charge in [0.05, 0.1) is 21.8 Å². The molecule has 1 aliphatic heterocycles. The minimum Gasteiger partial charge on any atom is -0.382 e. The molecule has 17 heavy (non-hydrogen) atoms. The normalized spacial score (nSPS) is 19.0. The third kappa shape index (κ3) is 2.60. The van der Waals surface area contributed by atoms with Crippen molar-refractivity contribution < 1.29 is 9.18 Å². The van der Waals surface area contributed by atoms with Crippen molar-refractivity contribution in [3.05, 3.63) is 22.4 Å². The summed E-state index contributed by atoms with van der Waals surface area (Å²) in [7, 11) is 0. The molecule has 5 heteroatoms. The molecule has 1 amide bonds. The zero-order valence-corrected chi connectivity index (χ0v) is 11.1. The summed E-state index contributed by atoms with van der Waals surface area (Å²) in [6, 6.07) is 2.98. The van der Waals surface area contributed by atoms with E-state index in [2.05, 4.69) is 26.6 Å². The van der Waals surface area contributed by atoms with Crippen LogP contribution >= 0.6 is 15.9 Å². The van der Waals surface area contributed by atoms with E-state index in [4.69, 9.17) is 0 Å². The van der Waals surface area contributed by atoms with Crippen LogP contribution in [0.4, 0.5) is 15.8 Å². The maximum atomic E-state index is 13.4. The van der Waals surface area contributed by atoms with Crippen LogP contribution in [0.5, 0.6) is 0 Å². The van der Waals surface area contributed by atoms with Crippen molar-refractivity contribution in [1.29, 1.82) is 0 Å². The van der Waals surface area contributed by atoms with Gasteiger partial charge in [-0.25, -0.2) is 4.39 Å². The first-order valence-corrected chi connectivity index (χ1v) is 6.45. The number of carbonyl (C=O) groups excluding carboxylic acids is 1. The van der Waals surface area contributed by atoms with Crippen molar-refractivity contribution in [2.24, 2.45) is 5.92 Å². The molecule has 2 rings (SSSR count). The Kier molecular flexibility index (Phi) is 3.66. The Bertz CT molecular complexity index is 450. The summed E-state index contributed by atoms with van der Waals surface area (Å²) in [5.74, 6) is -0.398. The molecular weight excluding hydrogens is 287 g/mol. The summed E-state index contributed by atoms with van der Waals surface area (Å²) >= 11 is 3.11. The van der Waals surface area contributed by atoms with Gasteiger partial charge in [0.15, 0.2) is 0 Å². The quantitative estimate of drug-likeness (QED) is 0.879. The molecule has 1 aliphatic rings. The Morgan fingerprint density at radius 2 is 2.24 bits per heavy atom. The summed E-state index contributed by atoms with van der Waals surface area (Å²) in [6.45, 7) is 2.59. The van der Waals surface area contributed by atoms with E-state index in [1.807, 2.05) is 6.92 Å². The second kappa shape index (κ2) is 5.04. The van der Waals surface area contributed by atoms with E-state index >= 15 is 0 Å². The van der Waals surface area contributed by atoms with Crippen LogP contribution in [0.15, 0.2) is 16.6 Å². The topological polar surface area (TPSA) is 41.1 Å². The third-order valence-corrected chi connectivity index (χ3v) is 3.47. The van der Waals surface area contributed by atoms with Gasteiger partial charge >= 0.3 is 0 Å². The molecule has 0 saturated carbocycles. The molecule has 0 saturated heterocycles. The minimum absolute atomic E-state index is 0.00314. The number of halogens is 2. The Labute approximate surface area is 108 Å². The molecule has 0 bridgehead atoms. The molecule has 1 atom stereocenters. The maximum absolute atomic E-state index is 13.4. The Balaban J connectivity index is 2.28. The highest BCUT2D eigenvalue weighted by molar-refractivity contribution is 9.10. The van der Waals surface area contributed by atoms with E-state index in [1.54, 1.807) is 6.07 Å². The van der Waals surface area contributed by atoms with Gasteiger partial charge in [-0.3, -0.25) is 4.79 Å². The number of nitrogens with one attached hydrogen (secondary N) is 2. The van der Waals surface area contributed by atoms with Gasteiger partial charge in [-0.2, -0.15) is 0 Å². The highest BCUT2D eigenvalue weighted by atomic mass is 79.9. The molecule has 0 fully saturated rings. The van der Waals surface area contributed by atoms with E-state index in [9.17, 15) is 9.18 Å². The molecule has 3 nitrogen and oxygen atoms in total. The number of hydrogen-bond donors (Lipinski definition) is 2. The van der Waals surface area contributed by atoms with Gasteiger partial charge in [0.25, 0.3) is 0 Å². The number of rotatable bonds is 2. The van der Waals surface area contributed by atoms with Crippen LogP contribution in [-0.2, 0) is 4.79 Å². The number of benzene rings is 1. The van der Waals surface area contributed by atoms with Crippen LogP contribution in [0.1, 0.15) is 19.8 Å². The molecule has 0 aromatic heterocycles. The molecule has 0 spiro atoms. The molecule has 2 N–H and O–H groups in total. The molecule has 1 unspecified atom stereocenters. The second-order valence-corrected chi connectivity index (χ2v) is 5.02. The molecule has 0 radical (unpaired) electrons. The average molecular weight is 301 g/mol. The Morgan fingerprint density at radius 1 is 1.47 bits per heavy atom. The molecule has 0 aliphatic carbocycles. The van der Waals surface area contributed by atoms with Crippen molar-refractivity contribution >= 4 is 33.2 Å². The zero-order valence-electron chi connectivity index (χ0n) is 9.52. The summed E-state index contributed by atoms with van der Waals surface area (Å²) in [5, 5.41) is 5.94. The number of carbonyl (C=O) groups is 1. The Hall–Kier alpha value is -1.10. The number of hydrogen-bond acceptors (Lipinski definition) is 2. The minimum atomic E-state index is -0.334. The average Bonchev–Trinajstić information content (AvgIpc) is 2.42. The smallest absolute Gasteiger partial charge is 0.229 e. The summed E-state index contributed by atoms with van der Waals surface area (Å²) in [4.78, 5) is 11.9. The second-order valence-electron chi connectivity index (χ2n) is 4.17. The van der Waals surface area contributed by atoms with Crippen LogP contribution in [0.25, 0.3) is 0 Å². The zero-order chi connectivity index (χ0) is 12.4. The van der Waals surface area contributed by atoms with Gasteiger partial charge in [0.2, 0.25) is 5.91 Å². The highest BCUT2D eigenvalue weighted by Gasteiger charge is 2.23. The predicted octanol–water partition coefficient (Wildman–Crippen LogP) is 3.37. The van der Waals surface area contributed by atoms with Gasteiger partial charge in [-0.05, 0) is 28.4 Å². The lowest BCUT2D eigenvalue weighted by molar-refractivity contribution is -0.119. The lowest BCUT2D eigenvalue weighted by atomic mass is 10.0. The maximum Gasteiger partial charge on any atom is 0.229 e. The first-order chi connectivity index (χ1) is 8.11. The molecular formula is C12H14BrFN2O. The van der Waals surface area contributed by atoms with Crippen molar-refractivity contribution in [3.63, 3.8) is 0 Å². The molecule has 1 aromatic carbocycles. The first-order valence-electron chi connectivity index (χ1n) is 5.65. The van der Waals surface area contributed by atoms with Crippen LogP contribution in [-0.4, -0.2) is 12.5 Å². The summed E-state index contributed by atoms with van der Waals surface area (Å²) in [6.07, 6.45) is 1.78. The van der Waals surface area contributed by atoms with Crippen molar-refractivity contribution in [2.75, 3.05) is 17.2 Å². The SMILES string of the molecule is CCCC1CNc2cc(F)c(Br)cc2NC1=O. The monoisotopic (exact) mass is 300 g/mol. The van der Waals surface area contributed by atoms with Crippen molar-refractivity contribution in [1.82, 2.24) is 0 Å². The fourth-order valence-electron chi connectivity index (χ4n) is 1.94. The number of anilines is 2. The van der Waals surface area contributed by atoms with Gasteiger partial charge in [-0.15, -0.1) is 0 Å². The number of amides is 1. The molecule has 92 valence electrons. The fourth-order valence-corrected chi connectivity index (χ4v) is 2.28. The van der Waals surface area contributed by atoms with Crippen LogP contribution in [0, 0.1) is 11.7 Å². The lowest BCUT2D eigenvalue weighted by Gasteiger charge is -2.11. The van der Waals surface area contributed by atoms with E-state index in [-0.39, 0.29) is 17.6 Å². The van der Waals surface area contributed by atoms with Gasteiger partial charge < -0.3 is 10.6 Å². The third-order valence-electron chi connectivity index (χ3n) is 2.87. The summed E-state index contributed by atoms with van der Waals surface area (Å²) in [5.41, 5.74) is 1.26. The summed E-state index contributed by atoms with van der Waals surface area (Å²) < 4.78 is 13.7. The standard InChI is InChI=1S/C12H14BrFN2O/c1-2-3-7-6-15-10-5-9(14)8(13)4-11(10)16-12(7)17/h4-5,7,15H,2-3,6H2,1H3,(H,16,17). The van der Waals surface area contributed by atoms with Crippen LogP contribution in [0.2, 0.25) is 0 Å². The van der Waals surface area contributed by atoms with Gasteiger partial charge in [0.1, 0.15) is 5.82 Å². The van der Waals surface area contributed by atoms with E-state index < -0.39 is 0 Å². The largest absolute Gasteiger partial charge is 0.382 e. The van der Waals surface area contributed by atoms with E-state index in [0.717, 1.165) is 12.8 Å². The van der Waals surface area contributed by atoms with Crippen molar-refractivity contribution in [2.45, 2.75) is 19.8 Å². The van der Waals surface area contributed by atoms with E-state index in [1.165, 1.54) is 6.07 Å². The predicted molar refractivity (Wildman–Crippen MR) is 69.6 cm³/mol. The molecule has 1 heterocycles. The van der Waals surface area contributed by atoms with Gasteiger partial charge in [0, 0.05) is 12.6 Å². The fraction of sp³-hybridized carbons (Fsp3) is 0.417. The highest BCUT2D eigenvalue weighted by Crippen LogP contribution is 2.31. The van der Waals surface area contributed by atoms with Crippen LogP contribution in [0.3, 0.4) is 0 Å². The number of fused-ring (bicyclic) bond motifs is 1. The van der Waals surface area contributed by atoms with E-state index in [0.29, 0.717) is 22.4 Å². The van der Waals surface area contributed by atoms with Crippen LogP contribution < -0.4 is 10.6 Å². The Morgan fingerprint density at radius 3 is 2.94 bits per heavy atom.